The minimum Gasteiger partial charge on any atom is -0.365 e. The van der Waals surface area contributed by atoms with Crippen molar-refractivity contribution in [2.45, 2.75) is 13.8 Å². The Bertz CT molecular complexity index is 438. The number of primary amides is 1. The fourth-order valence-electron chi connectivity index (χ4n) is 1.58. The first-order valence-corrected chi connectivity index (χ1v) is 5.49. The number of anilines is 1. The van der Waals surface area contributed by atoms with Gasteiger partial charge in [0.25, 0.3) is 5.91 Å². The van der Waals surface area contributed by atoms with Gasteiger partial charge in [0.1, 0.15) is 5.82 Å². The molecule has 0 aliphatic rings. The number of aromatic nitrogens is 1. The van der Waals surface area contributed by atoms with Crippen LogP contribution >= 0.6 is 0 Å². The summed E-state index contributed by atoms with van der Waals surface area (Å²) in [4.78, 5) is 17.3. The molecule has 5 heteroatoms. The van der Waals surface area contributed by atoms with Crippen molar-refractivity contribution < 1.29 is 4.79 Å². The summed E-state index contributed by atoms with van der Waals surface area (Å²) in [6.45, 7) is 4.98. The summed E-state index contributed by atoms with van der Waals surface area (Å²) in [6.07, 6.45) is 1.61. The third-order valence-corrected chi connectivity index (χ3v) is 2.45. The first kappa shape index (κ1) is 13.0. The van der Waals surface area contributed by atoms with E-state index >= 15 is 0 Å². The van der Waals surface area contributed by atoms with Crippen molar-refractivity contribution in [3.63, 3.8) is 0 Å². The van der Waals surface area contributed by atoms with Gasteiger partial charge in [-0.1, -0.05) is 0 Å². The number of amides is 1. The molecule has 0 saturated carbocycles. The Morgan fingerprint density at radius 1 is 1.71 bits per heavy atom. The van der Waals surface area contributed by atoms with E-state index in [1.165, 1.54) is 0 Å². The van der Waals surface area contributed by atoms with Crippen molar-refractivity contribution in [3.8, 4) is 6.07 Å². The quantitative estimate of drug-likeness (QED) is 0.825. The van der Waals surface area contributed by atoms with Crippen molar-refractivity contribution >= 4 is 11.7 Å². The highest BCUT2D eigenvalue weighted by atomic mass is 16.1. The lowest BCUT2D eigenvalue weighted by Crippen LogP contribution is -2.31. The molecule has 0 bridgehead atoms. The van der Waals surface area contributed by atoms with Gasteiger partial charge >= 0.3 is 0 Å². The molecule has 1 atom stereocenters. The van der Waals surface area contributed by atoms with Gasteiger partial charge in [0.05, 0.1) is 17.6 Å². The van der Waals surface area contributed by atoms with E-state index < -0.39 is 5.91 Å². The summed E-state index contributed by atoms with van der Waals surface area (Å²) in [7, 11) is 0. The molecule has 0 fully saturated rings. The summed E-state index contributed by atoms with van der Waals surface area (Å²) in [5, 5.41) is 8.82. The molecule has 0 aromatic carbocycles. The lowest BCUT2D eigenvalue weighted by atomic mass is 10.1. The number of rotatable bonds is 5. The van der Waals surface area contributed by atoms with Crippen LogP contribution in [0.25, 0.3) is 0 Å². The highest BCUT2D eigenvalue weighted by molar-refractivity contribution is 5.97. The van der Waals surface area contributed by atoms with Crippen LogP contribution in [-0.2, 0) is 0 Å². The zero-order valence-corrected chi connectivity index (χ0v) is 10.1. The summed E-state index contributed by atoms with van der Waals surface area (Å²) in [5.41, 5.74) is 5.69. The van der Waals surface area contributed by atoms with Crippen molar-refractivity contribution in [1.29, 1.82) is 5.26 Å². The van der Waals surface area contributed by atoms with Crippen LogP contribution in [0.3, 0.4) is 0 Å². The average Bonchev–Trinajstić information content (AvgIpc) is 2.35. The van der Waals surface area contributed by atoms with E-state index in [-0.39, 0.29) is 5.92 Å². The smallest absolute Gasteiger partial charge is 0.252 e. The Balaban J connectivity index is 3.04. The third kappa shape index (κ3) is 3.18. The molecule has 0 radical (unpaired) electrons. The Labute approximate surface area is 101 Å². The lowest BCUT2D eigenvalue weighted by Gasteiger charge is -2.24. The van der Waals surface area contributed by atoms with Crippen LogP contribution in [-0.4, -0.2) is 24.0 Å². The van der Waals surface area contributed by atoms with Gasteiger partial charge in [-0.05, 0) is 26.0 Å². The molecule has 1 rings (SSSR count). The summed E-state index contributed by atoms with van der Waals surface area (Å²) in [5.74, 6) is -0.0848. The molecule has 0 aliphatic carbocycles. The third-order valence-electron chi connectivity index (χ3n) is 2.45. The second-order valence-electron chi connectivity index (χ2n) is 3.81. The maximum atomic E-state index is 11.3. The van der Waals surface area contributed by atoms with Gasteiger partial charge in [-0.2, -0.15) is 5.26 Å². The van der Waals surface area contributed by atoms with E-state index in [2.05, 4.69) is 11.1 Å². The van der Waals surface area contributed by atoms with E-state index in [9.17, 15) is 4.79 Å². The molecule has 1 amide bonds. The van der Waals surface area contributed by atoms with Gasteiger partial charge in [-0.25, -0.2) is 4.98 Å². The van der Waals surface area contributed by atoms with Gasteiger partial charge < -0.3 is 10.6 Å². The van der Waals surface area contributed by atoms with Crippen molar-refractivity contribution in [3.05, 3.63) is 23.9 Å². The minimum absolute atomic E-state index is 0.127. The summed E-state index contributed by atoms with van der Waals surface area (Å²) < 4.78 is 0. The zero-order valence-electron chi connectivity index (χ0n) is 10.1. The van der Waals surface area contributed by atoms with Crippen LogP contribution in [0.2, 0.25) is 0 Å². The first-order valence-electron chi connectivity index (χ1n) is 5.49. The topological polar surface area (TPSA) is 83.0 Å². The monoisotopic (exact) mass is 232 g/mol. The highest BCUT2D eigenvalue weighted by Gasteiger charge is 2.16. The molecule has 1 aromatic rings. The Hall–Kier alpha value is -2.09. The predicted molar refractivity (Wildman–Crippen MR) is 65.4 cm³/mol. The molecule has 90 valence electrons. The fourth-order valence-corrected chi connectivity index (χ4v) is 1.58. The number of hydrogen-bond acceptors (Lipinski definition) is 4. The van der Waals surface area contributed by atoms with Crippen LogP contribution in [0, 0.1) is 17.2 Å². The number of pyridine rings is 1. The maximum absolute atomic E-state index is 11.3. The number of nitrogens with zero attached hydrogens (tertiary/aromatic N) is 3. The van der Waals surface area contributed by atoms with Gasteiger partial charge in [0.15, 0.2) is 0 Å². The van der Waals surface area contributed by atoms with E-state index in [0.29, 0.717) is 24.5 Å². The van der Waals surface area contributed by atoms with Gasteiger partial charge in [-0.3, -0.25) is 4.79 Å². The Morgan fingerprint density at radius 3 is 2.94 bits per heavy atom. The highest BCUT2D eigenvalue weighted by Crippen LogP contribution is 2.17. The molecule has 1 heterocycles. The molecule has 2 N–H and O–H groups in total. The van der Waals surface area contributed by atoms with Crippen molar-refractivity contribution in [2.75, 3.05) is 18.0 Å². The van der Waals surface area contributed by atoms with E-state index in [4.69, 9.17) is 11.0 Å². The Kier molecular flexibility index (Phi) is 4.46. The second-order valence-corrected chi connectivity index (χ2v) is 3.81. The average molecular weight is 232 g/mol. The van der Waals surface area contributed by atoms with Crippen LogP contribution in [0.15, 0.2) is 18.3 Å². The fraction of sp³-hybridized carbons (Fsp3) is 0.417. The minimum atomic E-state index is -0.504. The molecule has 0 spiro atoms. The molecule has 17 heavy (non-hydrogen) atoms. The van der Waals surface area contributed by atoms with Crippen molar-refractivity contribution in [1.82, 2.24) is 4.98 Å². The second kappa shape index (κ2) is 5.85. The van der Waals surface area contributed by atoms with Crippen LogP contribution < -0.4 is 10.6 Å². The molecule has 1 unspecified atom stereocenters. The molecule has 1 aromatic heterocycles. The maximum Gasteiger partial charge on any atom is 0.252 e. The summed E-state index contributed by atoms with van der Waals surface area (Å²) >= 11 is 0. The molecule has 0 aliphatic heterocycles. The molecule has 5 nitrogen and oxygen atoms in total. The van der Waals surface area contributed by atoms with E-state index in [1.807, 2.05) is 18.7 Å². The number of carbonyl (C=O) groups is 1. The van der Waals surface area contributed by atoms with Crippen LogP contribution in [0.5, 0.6) is 0 Å². The van der Waals surface area contributed by atoms with E-state index in [1.54, 1.807) is 18.3 Å². The first-order chi connectivity index (χ1) is 8.10. The Morgan fingerprint density at radius 2 is 2.41 bits per heavy atom. The lowest BCUT2D eigenvalue weighted by molar-refractivity contribution is 0.100. The van der Waals surface area contributed by atoms with Crippen molar-refractivity contribution in [2.24, 2.45) is 11.7 Å². The molecular formula is C12H16N4O. The summed E-state index contributed by atoms with van der Waals surface area (Å²) in [6, 6.07) is 5.48. The largest absolute Gasteiger partial charge is 0.365 e. The number of nitriles is 1. The predicted octanol–water partition coefficient (Wildman–Crippen LogP) is 1.17. The molecular weight excluding hydrogens is 216 g/mol. The van der Waals surface area contributed by atoms with E-state index in [0.717, 1.165) is 0 Å². The number of hydrogen-bond donors (Lipinski definition) is 1. The van der Waals surface area contributed by atoms with Gasteiger partial charge in [-0.15, -0.1) is 0 Å². The SMILES string of the molecule is CCN(CC(C)C#N)c1ncccc1C(N)=O. The number of nitrogens with two attached hydrogens (primary N) is 1. The number of carbonyl (C=O) groups excluding carboxylic acids is 1. The standard InChI is InChI=1S/C12H16N4O/c1-3-16(8-9(2)7-13)12-10(11(14)17)5-4-6-15-12/h4-6,9H,3,8H2,1-2H3,(H2,14,17). The molecule has 0 saturated heterocycles. The van der Waals surface area contributed by atoms with Crippen LogP contribution in [0.4, 0.5) is 5.82 Å². The zero-order chi connectivity index (χ0) is 12.8. The van der Waals surface area contributed by atoms with Crippen LogP contribution in [0.1, 0.15) is 24.2 Å². The normalized spacial score (nSPS) is 11.6. The van der Waals surface area contributed by atoms with Gasteiger partial charge in [0, 0.05) is 19.3 Å². The van der Waals surface area contributed by atoms with Gasteiger partial charge in [0.2, 0.25) is 0 Å².